The van der Waals surface area contributed by atoms with Gasteiger partial charge in [-0.1, -0.05) is 0 Å². The van der Waals surface area contributed by atoms with Gasteiger partial charge in [0.2, 0.25) is 5.91 Å². The molecule has 5 rings (SSSR count). The molecule has 0 spiro atoms. The zero-order valence-corrected chi connectivity index (χ0v) is 24.1. The van der Waals surface area contributed by atoms with Crippen molar-refractivity contribution in [2.24, 2.45) is 0 Å². The predicted molar refractivity (Wildman–Crippen MR) is 156 cm³/mol. The Morgan fingerprint density at radius 2 is 1.78 bits per heavy atom. The lowest BCUT2D eigenvalue weighted by Gasteiger charge is -2.31. The molecular formula is C31H38N4O6. The molecule has 0 unspecified atom stereocenters. The van der Waals surface area contributed by atoms with Crippen LogP contribution in [0.3, 0.4) is 0 Å². The number of morpholine rings is 1. The first-order chi connectivity index (χ1) is 20.0. The third-order valence-electron chi connectivity index (χ3n) is 7.70. The number of benzene rings is 2. The number of carbonyl (C=O) groups is 2. The van der Waals surface area contributed by atoms with Gasteiger partial charge >= 0.3 is 0 Å². The monoisotopic (exact) mass is 562 g/mol. The van der Waals surface area contributed by atoms with Crippen molar-refractivity contribution in [1.82, 2.24) is 14.8 Å². The highest BCUT2D eigenvalue weighted by molar-refractivity contribution is 5.95. The summed E-state index contributed by atoms with van der Waals surface area (Å²) in [6.45, 7) is 4.93. The lowest BCUT2D eigenvalue weighted by atomic mass is 10.1. The Hall–Kier alpha value is -4.05. The number of aromatic nitrogens is 1. The molecule has 0 N–H and O–H groups in total. The molecule has 0 radical (unpaired) electrons. The maximum absolute atomic E-state index is 14.0. The van der Waals surface area contributed by atoms with Crippen LogP contribution in [0.25, 0.3) is 10.9 Å². The summed E-state index contributed by atoms with van der Waals surface area (Å²) >= 11 is 0. The predicted octanol–water partition coefficient (Wildman–Crippen LogP) is 3.75. The van der Waals surface area contributed by atoms with E-state index < -0.39 is 0 Å². The molecule has 10 nitrogen and oxygen atoms in total. The van der Waals surface area contributed by atoms with Crippen molar-refractivity contribution in [3.05, 3.63) is 53.6 Å². The van der Waals surface area contributed by atoms with Gasteiger partial charge in [-0.15, -0.1) is 0 Å². The van der Waals surface area contributed by atoms with Crippen LogP contribution in [0.15, 0.2) is 42.5 Å². The second-order valence-corrected chi connectivity index (χ2v) is 10.3. The summed E-state index contributed by atoms with van der Waals surface area (Å²) in [6, 6.07) is 13.2. The minimum Gasteiger partial charge on any atom is -0.497 e. The van der Waals surface area contributed by atoms with E-state index in [4.69, 9.17) is 23.9 Å². The molecule has 2 aromatic carbocycles. The van der Waals surface area contributed by atoms with Gasteiger partial charge in [-0.05, 0) is 49.2 Å². The average Bonchev–Trinajstić information content (AvgIpc) is 3.43. The zero-order valence-electron chi connectivity index (χ0n) is 24.1. The van der Waals surface area contributed by atoms with Crippen LogP contribution in [0.1, 0.15) is 35.2 Å². The molecule has 218 valence electrons. The van der Waals surface area contributed by atoms with E-state index in [0.29, 0.717) is 62.8 Å². The molecule has 2 aliphatic heterocycles. The van der Waals surface area contributed by atoms with E-state index in [0.717, 1.165) is 54.1 Å². The summed E-state index contributed by atoms with van der Waals surface area (Å²) in [5.74, 6) is 2.71. The summed E-state index contributed by atoms with van der Waals surface area (Å²) in [6.07, 6.45) is 2.17. The molecule has 3 aromatic rings. The van der Waals surface area contributed by atoms with E-state index in [1.54, 1.807) is 39.5 Å². The molecule has 3 heterocycles. The minimum absolute atomic E-state index is 0.124. The van der Waals surface area contributed by atoms with Gasteiger partial charge in [-0.3, -0.25) is 9.59 Å². The van der Waals surface area contributed by atoms with Gasteiger partial charge in [-0.2, -0.15) is 0 Å². The Bertz CT molecular complexity index is 1390. The standard InChI is InChI=1S/C31H38N4O6/c1-38-25-9-7-22-18-24(30(32-26(22)20-25)34-14-16-41-17-15-34)21-35(13-5-12-33-11-4-6-29(33)36)31(37)23-8-10-27(39-2)28(19-23)40-3/h7-10,18-20H,4-6,11-17,21H2,1-3H3. The van der Waals surface area contributed by atoms with E-state index in [1.807, 2.05) is 28.0 Å². The summed E-state index contributed by atoms with van der Waals surface area (Å²) in [5.41, 5.74) is 2.29. The number of ether oxygens (including phenoxy) is 4. The highest BCUT2D eigenvalue weighted by Gasteiger charge is 2.25. The van der Waals surface area contributed by atoms with Crippen LogP contribution in [0.5, 0.6) is 17.2 Å². The van der Waals surface area contributed by atoms with Crippen molar-refractivity contribution in [2.45, 2.75) is 25.8 Å². The third kappa shape index (κ3) is 6.48. The number of rotatable bonds is 11. The second kappa shape index (κ2) is 13.1. The number of fused-ring (bicyclic) bond motifs is 1. The minimum atomic E-state index is -0.124. The Balaban J connectivity index is 1.48. The first kappa shape index (κ1) is 28.5. The Labute approximate surface area is 240 Å². The number of hydrogen-bond acceptors (Lipinski definition) is 8. The summed E-state index contributed by atoms with van der Waals surface area (Å²) < 4.78 is 21.9. The van der Waals surface area contributed by atoms with Crippen molar-refractivity contribution in [3.63, 3.8) is 0 Å². The molecule has 1 aromatic heterocycles. The zero-order chi connectivity index (χ0) is 28.8. The van der Waals surface area contributed by atoms with Gasteiger partial charge in [0.05, 0.1) is 40.1 Å². The number of amides is 2. The Morgan fingerprint density at radius 3 is 2.49 bits per heavy atom. The number of likely N-dealkylation sites (tertiary alicyclic amines) is 1. The maximum Gasteiger partial charge on any atom is 0.254 e. The van der Waals surface area contributed by atoms with Crippen molar-refractivity contribution in [1.29, 1.82) is 0 Å². The van der Waals surface area contributed by atoms with Crippen LogP contribution in [0, 0.1) is 0 Å². The Kier molecular flexibility index (Phi) is 9.08. The average molecular weight is 563 g/mol. The number of anilines is 1. The number of carbonyl (C=O) groups excluding carboxylic acids is 2. The first-order valence-electron chi connectivity index (χ1n) is 14.1. The van der Waals surface area contributed by atoms with E-state index >= 15 is 0 Å². The smallest absolute Gasteiger partial charge is 0.254 e. The van der Waals surface area contributed by atoms with Crippen molar-refractivity contribution in [2.75, 3.05) is 72.2 Å². The number of hydrogen-bond donors (Lipinski definition) is 0. The SMILES string of the molecule is COc1ccc2cc(CN(CCCN3CCCC3=O)C(=O)c3ccc(OC)c(OC)c3)c(N3CCOCC3)nc2c1. The maximum atomic E-state index is 14.0. The first-order valence-corrected chi connectivity index (χ1v) is 14.1. The molecular weight excluding hydrogens is 524 g/mol. The molecule has 0 bridgehead atoms. The Morgan fingerprint density at radius 1 is 0.976 bits per heavy atom. The lowest BCUT2D eigenvalue weighted by molar-refractivity contribution is -0.127. The third-order valence-corrected chi connectivity index (χ3v) is 7.70. The highest BCUT2D eigenvalue weighted by Crippen LogP contribution is 2.31. The van der Waals surface area contributed by atoms with Crippen LogP contribution in [0.4, 0.5) is 5.82 Å². The summed E-state index contributed by atoms with van der Waals surface area (Å²) in [7, 11) is 4.77. The van der Waals surface area contributed by atoms with Crippen molar-refractivity contribution in [3.8, 4) is 17.2 Å². The molecule has 0 aliphatic carbocycles. The van der Waals surface area contributed by atoms with Gasteiger partial charge in [0.15, 0.2) is 11.5 Å². The van der Waals surface area contributed by atoms with Crippen LogP contribution < -0.4 is 19.1 Å². The number of methoxy groups -OCH3 is 3. The molecule has 2 amide bonds. The number of pyridine rings is 1. The normalized spacial score (nSPS) is 15.3. The van der Waals surface area contributed by atoms with Crippen molar-refractivity contribution < 1.29 is 28.5 Å². The quantitative estimate of drug-likeness (QED) is 0.349. The van der Waals surface area contributed by atoms with Crippen LogP contribution >= 0.6 is 0 Å². The molecule has 10 heteroatoms. The van der Waals surface area contributed by atoms with Gasteiger partial charge in [-0.25, -0.2) is 4.98 Å². The lowest BCUT2D eigenvalue weighted by Crippen LogP contribution is -2.39. The topological polar surface area (TPSA) is 93.7 Å². The molecule has 2 aliphatic rings. The molecule has 2 fully saturated rings. The van der Waals surface area contributed by atoms with E-state index in [1.165, 1.54) is 0 Å². The molecule has 2 saturated heterocycles. The summed E-state index contributed by atoms with van der Waals surface area (Å²) in [5, 5.41) is 0.971. The van der Waals surface area contributed by atoms with Gasteiger partial charge in [0, 0.05) is 68.3 Å². The van der Waals surface area contributed by atoms with Crippen LogP contribution in [0.2, 0.25) is 0 Å². The van der Waals surface area contributed by atoms with E-state index in [-0.39, 0.29) is 11.8 Å². The molecule has 41 heavy (non-hydrogen) atoms. The molecule has 0 atom stereocenters. The fourth-order valence-electron chi connectivity index (χ4n) is 5.48. The fraction of sp³-hybridized carbons (Fsp3) is 0.452. The van der Waals surface area contributed by atoms with Gasteiger partial charge in [0.1, 0.15) is 11.6 Å². The van der Waals surface area contributed by atoms with Gasteiger partial charge in [0.25, 0.3) is 5.91 Å². The van der Waals surface area contributed by atoms with Gasteiger partial charge < -0.3 is 33.6 Å². The van der Waals surface area contributed by atoms with Crippen LogP contribution in [-0.2, 0) is 16.1 Å². The number of nitrogens with zero attached hydrogens (tertiary/aromatic N) is 4. The van der Waals surface area contributed by atoms with Crippen molar-refractivity contribution >= 4 is 28.5 Å². The van der Waals surface area contributed by atoms with E-state index in [2.05, 4.69) is 11.0 Å². The second-order valence-electron chi connectivity index (χ2n) is 10.3. The fourth-order valence-corrected chi connectivity index (χ4v) is 5.48. The molecule has 0 saturated carbocycles. The largest absolute Gasteiger partial charge is 0.497 e. The van der Waals surface area contributed by atoms with Crippen LogP contribution in [-0.4, -0.2) is 93.9 Å². The highest BCUT2D eigenvalue weighted by atomic mass is 16.5. The van der Waals surface area contributed by atoms with E-state index in [9.17, 15) is 9.59 Å². The summed E-state index contributed by atoms with van der Waals surface area (Å²) in [4.78, 5) is 37.2.